The zero-order chi connectivity index (χ0) is 14.5. The lowest BCUT2D eigenvalue weighted by molar-refractivity contribution is -0.136. The number of carboxylic acids is 1. The Morgan fingerprint density at radius 3 is 2.42 bits per heavy atom. The molecule has 1 aromatic carbocycles. The van der Waals surface area contributed by atoms with Crippen molar-refractivity contribution in [3.63, 3.8) is 0 Å². The summed E-state index contributed by atoms with van der Waals surface area (Å²) in [7, 11) is 0. The molecule has 0 atom stereocenters. The zero-order valence-electron chi connectivity index (χ0n) is 12.0. The molecule has 106 valence electrons. The minimum absolute atomic E-state index is 0.0205. The third kappa shape index (κ3) is 4.56. The van der Waals surface area contributed by atoms with Crippen LogP contribution >= 0.6 is 0 Å². The van der Waals surface area contributed by atoms with E-state index in [0.717, 1.165) is 5.69 Å². The molecule has 0 saturated carbocycles. The van der Waals surface area contributed by atoms with Gasteiger partial charge in [0.1, 0.15) is 0 Å². The van der Waals surface area contributed by atoms with E-state index in [1.165, 1.54) is 5.56 Å². The molecular weight excluding hydrogens is 240 g/mol. The summed E-state index contributed by atoms with van der Waals surface area (Å²) in [6.07, 6.45) is 0.123. The predicted octanol–water partition coefficient (Wildman–Crippen LogP) is 2.22. The van der Waals surface area contributed by atoms with Crippen molar-refractivity contribution in [3.05, 3.63) is 29.8 Å². The van der Waals surface area contributed by atoms with E-state index in [4.69, 9.17) is 10.8 Å². The van der Waals surface area contributed by atoms with Crippen LogP contribution in [0.3, 0.4) is 0 Å². The van der Waals surface area contributed by atoms with Crippen LogP contribution in [-0.2, 0) is 10.2 Å². The number of nitrogens with two attached hydrogens (primary N) is 1. The van der Waals surface area contributed by atoms with Crippen LogP contribution in [0.1, 0.15) is 32.8 Å². The summed E-state index contributed by atoms with van der Waals surface area (Å²) in [5.74, 6) is -0.782. The smallest absolute Gasteiger partial charge is 0.305 e. The molecule has 0 aliphatic heterocycles. The number of para-hydroxylation sites is 1. The number of hydrogen-bond donors (Lipinski definition) is 2. The van der Waals surface area contributed by atoms with Crippen LogP contribution in [0.4, 0.5) is 5.69 Å². The van der Waals surface area contributed by atoms with Crippen LogP contribution in [0.5, 0.6) is 0 Å². The number of hydrogen-bond acceptors (Lipinski definition) is 3. The van der Waals surface area contributed by atoms with Gasteiger partial charge in [0.15, 0.2) is 0 Å². The van der Waals surface area contributed by atoms with E-state index in [1.54, 1.807) is 0 Å². The molecule has 3 N–H and O–H groups in total. The first-order chi connectivity index (χ1) is 8.86. The summed E-state index contributed by atoms with van der Waals surface area (Å²) < 4.78 is 0. The fraction of sp³-hybridized carbons (Fsp3) is 0.533. The van der Waals surface area contributed by atoms with Crippen LogP contribution in [-0.4, -0.2) is 30.7 Å². The van der Waals surface area contributed by atoms with Gasteiger partial charge in [0.2, 0.25) is 0 Å². The van der Waals surface area contributed by atoms with Crippen molar-refractivity contribution in [1.82, 2.24) is 0 Å². The van der Waals surface area contributed by atoms with Crippen molar-refractivity contribution in [2.24, 2.45) is 5.73 Å². The van der Waals surface area contributed by atoms with Crippen molar-refractivity contribution in [3.8, 4) is 0 Å². The molecule has 0 heterocycles. The second-order valence-corrected chi connectivity index (χ2v) is 5.69. The maximum atomic E-state index is 10.8. The van der Waals surface area contributed by atoms with Crippen molar-refractivity contribution in [2.75, 3.05) is 24.5 Å². The molecule has 0 spiro atoms. The predicted molar refractivity (Wildman–Crippen MR) is 78.7 cm³/mol. The van der Waals surface area contributed by atoms with Crippen molar-refractivity contribution in [2.45, 2.75) is 32.6 Å². The van der Waals surface area contributed by atoms with Crippen LogP contribution < -0.4 is 10.6 Å². The highest BCUT2D eigenvalue weighted by atomic mass is 16.4. The van der Waals surface area contributed by atoms with Gasteiger partial charge >= 0.3 is 5.97 Å². The molecule has 0 amide bonds. The Balaban J connectivity index is 3.04. The van der Waals surface area contributed by atoms with Gasteiger partial charge in [-0.1, -0.05) is 39.0 Å². The van der Waals surface area contributed by atoms with E-state index in [9.17, 15) is 4.79 Å². The van der Waals surface area contributed by atoms with Gasteiger partial charge in [0.05, 0.1) is 6.42 Å². The molecule has 4 heteroatoms. The average Bonchev–Trinajstić information content (AvgIpc) is 2.33. The molecule has 0 radical (unpaired) electrons. The summed E-state index contributed by atoms with van der Waals surface area (Å²) in [6.45, 7) is 8.13. The number of anilines is 1. The van der Waals surface area contributed by atoms with E-state index in [-0.39, 0.29) is 11.8 Å². The first-order valence-electron chi connectivity index (χ1n) is 6.62. The van der Waals surface area contributed by atoms with Crippen molar-refractivity contribution in [1.29, 1.82) is 0 Å². The van der Waals surface area contributed by atoms with Gasteiger partial charge in [-0.25, -0.2) is 0 Å². The number of aliphatic carboxylic acids is 1. The molecular formula is C15H24N2O2. The Morgan fingerprint density at radius 1 is 1.26 bits per heavy atom. The minimum Gasteiger partial charge on any atom is -0.481 e. The van der Waals surface area contributed by atoms with Gasteiger partial charge in [0.25, 0.3) is 0 Å². The lowest BCUT2D eigenvalue weighted by Crippen LogP contribution is -2.33. The Hall–Kier alpha value is -1.55. The molecule has 0 aliphatic carbocycles. The van der Waals surface area contributed by atoms with Crippen molar-refractivity contribution >= 4 is 11.7 Å². The number of nitrogens with zero attached hydrogens (tertiary/aromatic N) is 1. The number of rotatable bonds is 6. The topological polar surface area (TPSA) is 66.6 Å². The quantitative estimate of drug-likeness (QED) is 0.827. The second kappa shape index (κ2) is 6.57. The van der Waals surface area contributed by atoms with E-state index < -0.39 is 5.97 Å². The third-order valence-electron chi connectivity index (χ3n) is 3.05. The first kappa shape index (κ1) is 15.5. The van der Waals surface area contributed by atoms with E-state index >= 15 is 0 Å². The molecule has 19 heavy (non-hydrogen) atoms. The Kier molecular flexibility index (Phi) is 5.36. The molecule has 1 rings (SSSR count). The van der Waals surface area contributed by atoms with Gasteiger partial charge in [-0.2, -0.15) is 0 Å². The lowest BCUT2D eigenvalue weighted by atomic mass is 9.85. The van der Waals surface area contributed by atoms with Crippen molar-refractivity contribution < 1.29 is 9.90 Å². The molecule has 4 nitrogen and oxygen atoms in total. The van der Waals surface area contributed by atoms with Crippen LogP contribution in [0, 0.1) is 0 Å². The normalized spacial score (nSPS) is 11.4. The van der Waals surface area contributed by atoms with Crippen LogP contribution in [0.15, 0.2) is 24.3 Å². The zero-order valence-corrected chi connectivity index (χ0v) is 12.0. The SMILES string of the molecule is CC(C)(C)c1ccccc1N(CCN)CCC(=O)O. The molecule has 0 fully saturated rings. The second-order valence-electron chi connectivity index (χ2n) is 5.69. The summed E-state index contributed by atoms with van der Waals surface area (Å²) in [6, 6.07) is 8.13. The van der Waals surface area contributed by atoms with Gasteiger partial charge < -0.3 is 15.7 Å². The van der Waals surface area contributed by atoms with Gasteiger partial charge in [-0.15, -0.1) is 0 Å². The number of carbonyl (C=O) groups is 1. The largest absolute Gasteiger partial charge is 0.481 e. The Morgan fingerprint density at radius 2 is 1.89 bits per heavy atom. The standard InChI is InChI=1S/C15H24N2O2/c1-15(2,3)12-6-4-5-7-13(12)17(11-9-16)10-8-14(18)19/h4-7H,8-11,16H2,1-3H3,(H,18,19). The van der Waals surface area contributed by atoms with Crippen LogP contribution in [0.25, 0.3) is 0 Å². The fourth-order valence-corrected chi connectivity index (χ4v) is 2.12. The number of carboxylic acid groups (broad SMARTS) is 1. The maximum absolute atomic E-state index is 10.8. The Labute approximate surface area is 115 Å². The molecule has 0 aliphatic rings. The van der Waals surface area contributed by atoms with Gasteiger partial charge in [0, 0.05) is 25.3 Å². The molecule has 0 saturated heterocycles. The Bertz CT molecular complexity index is 424. The average molecular weight is 264 g/mol. The summed E-state index contributed by atoms with van der Waals surface area (Å²) in [4.78, 5) is 12.8. The van der Waals surface area contributed by atoms with E-state index in [1.807, 2.05) is 18.2 Å². The lowest BCUT2D eigenvalue weighted by Gasteiger charge is -2.31. The molecule has 0 unspecified atom stereocenters. The third-order valence-corrected chi connectivity index (χ3v) is 3.05. The van der Waals surface area contributed by atoms with E-state index in [0.29, 0.717) is 19.6 Å². The highest BCUT2D eigenvalue weighted by Gasteiger charge is 2.20. The molecule has 0 aromatic heterocycles. The highest BCUT2D eigenvalue weighted by Crippen LogP contribution is 2.31. The highest BCUT2D eigenvalue weighted by molar-refractivity contribution is 5.68. The minimum atomic E-state index is -0.782. The van der Waals surface area contributed by atoms with Crippen LogP contribution in [0.2, 0.25) is 0 Å². The van der Waals surface area contributed by atoms with Gasteiger partial charge in [-0.05, 0) is 17.0 Å². The molecule has 1 aromatic rings. The fourth-order valence-electron chi connectivity index (χ4n) is 2.12. The summed E-state index contributed by atoms with van der Waals surface area (Å²) in [5.41, 5.74) is 7.97. The first-order valence-corrected chi connectivity index (χ1v) is 6.62. The summed E-state index contributed by atoms with van der Waals surface area (Å²) in [5, 5.41) is 8.85. The summed E-state index contributed by atoms with van der Waals surface area (Å²) >= 11 is 0. The van der Waals surface area contributed by atoms with Gasteiger partial charge in [-0.3, -0.25) is 4.79 Å². The number of benzene rings is 1. The maximum Gasteiger partial charge on any atom is 0.305 e. The monoisotopic (exact) mass is 264 g/mol. The molecule has 0 bridgehead atoms. The van der Waals surface area contributed by atoms with E-state index in [2.05, 4.69) is 31.7 Å².